The molecule has 2 aromatic rings. The second kappa shape index (κ2) is 11.8. The number of rotatable bonds is 9. The Morgan fingerprint density at radius 3 is 2.36 bits per heavy atom. The van der Waals surface area contributed by atoms with Gasteiger partial charge in [0.2, 0.25) is 10.0 Å². The summed E-state index contributed by atoms with van der Waals surface area (Å²) in [7, 11) is -3.51. The number of aromatic nitrogens is 1. The molecule has 2 heterocycles. The monoisotopic (exact) mass is 493 g/mol. The normalized spacial score (nSPS) is 15.4. The summed E-state index contributed by atoms with van der Waals surface area (Å²) in [6.07, 6.45) is 2.85. The van der Waals surface area contributed by atoms with E-state index in [1.165, 1.54) is 12.1 Å². The number of nitrogens with one attached hydrogen (secondary N) is 3. The average Bonchev–Trinajstić information content (AvgIpc) is 2.74. The van der Waals surface area contributed by atoms with Gasteiger partial charge in [-0.3, -0.25) is 4.98 Å². The van der Waals surface area contributed by atoms with E-state index < -0.39 is 10.0 Å². The molecule has 0 bridgehead atoms. The lowest BCUT2D eigenvalue weighted by molar-refractivity contribution is 0.180. The first-order valence-corrected chi connectivity index (χ1v) is 13.0. The van der Waals surface area contributed by atoms with Gasteiger partial charge in [0.15, 0.2) is 0 Å². The van der Waals surface area contributed by atoms with Crippen molar-refractivity contribution in [3.63, 3.8) is 0 Å². The number of amides is 2. The van der Waals surface area contributed by atoms with Crippen molar-refractivity contribution in [2.75, 3.05) is 38.0 Å². The summed E-state index contributed by atoms with van der Waals surface area (Å²) in [6, 6.07) is 9.63. The number of nitrogens with zero attached hydrogens (tertiary/aromatic N) is 2. The molecular weight excluding hydrogens is 462 g/mol. The van der Waals surface area contributed by atoms with Crippen LogP contribution in [-0.4, -0.2) is 57.1 Å². The number of aryl methyl sites for hydroxylation is 2. The van der Waals surface area contributed by atoms with Crippen LogP contribution in [0.4, 0.5) is 10.5 Å². The number of likely N-dealkylation sites (tertiary alicyclic amines) is 1. The number of carbonyl (C=O) groups is 1. The van der Waals surface area contributed by atoms with E-state index >= 15 is 0 Å². The predicted octanol–water partition coefficient (Wildman–Crippen LogP) is 3.55. The largest absolute Gasteiger partial charge is 0.337 e. The summed E-state index contributed by atoms with van der Waals surface area (Å²) in [4.78, 5) is 19.0. The third-order valence-electron chi connectivity index (χ3n) is 5.73. The van der Waals surface area contributed by atoms with Crippen LogP contribution in [0.3, 0.4) is 0 Å². The second-order valence-electron chi connectivity index (χ2n) is 8.44. The molecule has 0 radical (unpaired) electrons. The first-order chi connectivity index (χ1) is 15.7. The molecule has 1 aromatic carbocycles. The first-order valence-electron chi connectivity index (χ1n) is 11.2. The minimum atomic E-state index is -3.51. The number of hydrogen-bond donors (Lipinski definition) is 3. The minimum Gasteiger partial charge on any atom is -0.337 e. The molecule has 8 nitrogen and oxygen atoms in total. The van der Waals surface area contributed by atoms with Gasteiger partial charge in [-0.05, 0) is 88.5 Å². The summed E-state index contributed by atoms with van der Waals surface area (Å²) >= 11 is 5.82. The lowest BCUT2D eigenvalue weighted by Crippen LogP contribution is -2.41. The summed E-state index contributed by atoms with van der Waals surface area (Å²) in [5.74, 6) is 0.489. The molecule has 1 fully saturated rings. The third kappa shape index (κ3) is 8.26. The van der Waals surface area contributed by atoms with Gasteiger partial charge in [-0.15, -0.1) is 0 Å². The summed E-state index contributed by atoms with van der Waals surface area (Å²) in [6.45, 7) is 7.47. The van der Waals surface area contributed by atoms with E-state index in [1.807, 2.05) is 26.0 Å². The number of hydrogen-bond acceptors (Lipinski definition) is 5. The highest BCUT2D eigenvalue weighted by molar-refractivity contribution is 7.89. The standard InChI is InChI=1S/C23H32ClN5O3S/c1-17-15-21(16-18(2)27-17)28-23(30)25-11-14-29-12-8-19(9-13-29)7-10-26-33(31,32)22-5-3-20(24)4-6-22/h3-6,15-16,19,26H,7-14H2,1-2H3,(H2,25,27,28,30). The Balaban J connectivity index is 1.30. The number of piperidine rings is 1. The van der Waals surface area contributed by atoms with Gasteiger partial charge in [0.1, 0.15) is 0 Å². The van der Waals surface area contributed by atoms with Crippen molar-refractivity contribution < 1.29 is 13.2 Å². The van der Waals surface area contributed by atoms with Gasteiger partial charge >= 0.3 is 6.03 Å². The van der Waals surface area contributed by atoms with Gasteiger partial charge < -0.3 is 15.5 Å². The minimum absolute atomic E-state index is 0.220. The third-order valence-corrected chi connectivity index (χ3v) is 7.46. The van der Waals surface area contributed by atoms with Crippen LogP contribution in [0.25, 0.3) is 0 Å². The van der Waals surface area contributed by atoms with Gasteiger partial charge in [0, 0.05) is 41.7 Å². The van der Waals surface area contributed by atoms with Crippen molar-refractivity contribution in [3.8, 4) is 0 Å². The van der Waals surface area contributed by atoms with Crippen LogP contribution in [0.1, 0.15) is 30.7 Å². The van der Waals surface area contributed by atoms with Crippen LogP contribution in [0, 0.1) is 19.8 Å². The van der Waals surface area contributed by atoms with Crippen molar-refractivity contribution in [3.05, 3.63) is 52.8 Å². The number of urea groups is 1. The van der Waals surface area contributed by atoms with E-state index in [2.05, 4.69) is 25.2 Å². The molecule has 3 rings (SSSR count). The van der Waals surface area contributed by atoms with Crippen LogP contribution in [0.15, 0.2) is 41.3 Å². The first kappa shape index (κ1) is 25.4. The number of carbonyl (C=O) groups excluding carboxylic acids is 1. The number of halogens is 1. The van der Waals surface area contributed by atoms with Crippen molar-refractivity contribution in [1.29, 1.82) is 0 Å². The van der Waals surface area contributed by atoms with E-state index in [-0.39, 0.29) is 10.9 Å². The maximum atomic E-state index is 12.4. The molecule has 0 aliphatic carbocycles. The van der Waals surface area contributed by atoms with Crippen LogP contribution < -0.4 is 15.4 Å². The zero-order valence-electron chi connectivity index (χ0n) is 19.1. The van der Waals surface area contributed by atoms with E-state index in [1.54, 1.807) is 12.1 Å². The molecule has 33 heavy (non-hydrogen) atoms. The van der Waals surface area contributed by atoms with Crippen LogP contribution in [0.2, 0.25) is 5.02 Å². The Morgan fingerprint density at radius 2 is 1.73 bits per heavy atom. The average molecular weight is 494 g/mol. The van der Waals surface area contributed by atoms with Crippen molar-refractivity contribution in [2.24, 2.45) is 5.92 Å². The zero-order chi connectivity index (χ0) is 23.8. The lowest BCUT2D eigenvalue weighted by atomic mass is 9.94. The number of anilines is 1. The van der Waals surface area contributed by atoms with E-state index in [4.69, 9.17) is 11.6 Å². The summed E-state index contributed by atoms with van der Waals surface area (Å²) < 4.78 is 27.4. The van der Waals surface area contributed by atoms with E-state index in [0.717, 1.165) is 56.0 Å². The van der Waals surface area contributed by atoms with Crippen LogP contribution in [-0.2, 0) is 10.0 Å². The maximum absolute atomic E-state index is 12.4. The molecule has 3 N–H and O–H groups in total. The topological polar surface area (TPSA) is 103 Å². The highest BCUT2D eigenvalue weighted by atomic mass is 35.5. The Labute approximate surface area is 201 Å². The number of benzene rings is 1. The predicted molar refractivity (Wildman–Crippen MR) is 131 cm³/mol. The van der Waals surface area contributed by atoms with Crippen molar-refractivity contribution >= 4 is 33.3 Å². The Bertz CT molecular complexity index is 1020. The van der Waals surface area contributed by atoms with Gasteiger partial charge in [-0.25, -0.2) is 17.9 Å². The summed E-state index contributed by atoms with van der Waals surface area (Å²) in [5.41, 5.74) is 2.47. The fourth-order valence-electron chi connectivity index (χ4n) is 4.00. The molecule has 0 unspecified atom stereocenters. The molecule has 10 heteroatoms. The van der Waals surface area contributed by atoms with E-state index in [0.29, 0.717) is 24.0 Å². The number of sulfonamides is 1. The molecule has 180 valence electrons. The fourth-order valence-corrected chi connectivity index (χ4v) is 5.18. The molecule has 1 aromatic heterocycles. The molecule has 0 saturated carbocycles. The van der Waals surface area contributed by atoms with E-state index in [9.17, 15) is 13.2 Å². The van der Waals surface area contributed by atoms with Crippen LogP contribution in [0.5, 0.6) is 0 Å². The van der Waals surface area contributed by atoms with Gasteiger partial charge in [0.25, 0.3) is 0 Å². The molecular formula is C23H32ClN5O3S. The van der Waals surface area contributed by atoms with Crippen molar-refractivity contribution in [1.82, 2.24) is 19.9 Å². The smallest absolute Gasteiger partial charge is 0.319 e. The van der Waals surface area contributed by atoms with Gasteiger partial charge in [-0.2, -0.15) is 0 Å². The van der Waals surface area contributed by atoms with Gasteiger partial charge in [-0.1, -0.05) is 11.6 Å². The quantitative estimate of drug-likeness (QED) is 0.495. The summed E-state index contributed by atoms with van der Waals surface area (Å²) in [5, 5.41) is 6.26. The van der Waals surface area contributed by atoms with Crippen molar-refractivity contribution in [2.45, 2.75) is 38.0 Å². The molecule has 1 aliphatic rings. The molecule has 1 aliphatic heterocycles. The van der Waals surface area contributed by atoms with Crippen LogP contribution >= 0.6 is 11.6 Å². The SMILES string of the molecule is Cc1cc(NC(=O)NCCN2CCC(CCNS(=O)(=O)c3ccc(Cl)cc3)CC2)cc(C)n1. The Morgan fingerprint density at radius 1 is 1.09 bits per heavy atom. The second-order valence-corrected chi connectivity index (χ2v) is 10.6. The lowest BCUT2D eigenvalue weighted by Gasteiger charge is -2.32. The highest BCUT2D eigenvalue weighted by Gasteiger charge is 2.20. The highest BCUT2D eigenvalue weighted by Crippen LogP contribution is 2.20. The number of pyridine rings is 1. The molecule has 2 amide bonds. The fraction of sp³-hybridized carbons (Fsp3) is 0.478. The molecule has 1 saturated heterocycles. The Hall–Kier alpha value is -2.20. The van der Waals surface area contributed by atoms with Gasteiger partial charge in [0.05, 0.1) is 4.90 Å². The molecule has 0 atom stereocenters. The zero-order valence-corrected chi connectivity index (χ0v) is 20.7. The molecule has 0 spiro atoms. The maximum Gasteiger partial charge on any atom is 0.319 e. The Kier molecular flexibility index (Phi) is 9.08.